The second-order valence-corrected chi connectivity index (χ2v) is 7.78. The van der Waals surface area contributed by atoms with Crippen LogP contribution in [0.4, 0.5) is 5.69 Å². The SMILES string of the molecule is COc1ccc(N2CCN(C(CNC(=O)c3ccccc3C)c3ccco3)CC2)cc1. The molecule has 0 spiro atoms. The molecule has 6 heteroatoms. The number of anilines is 1. The van der Waals surface area contributed by atoms with Crippen molar-refractivity contribution < 1.29 is 13.9 Å². The minimum atomic E-state index is -0.0495. The molecule has 0 radical (unpaired) electrons. The number of benzene rings is 2. The molecule has 1 unspecified atom stereocenters. The van der Waals surface area contributed by atoms with Crippen molar-refractivity contribution in [3.8, 4) is 5.75 Å². The molecule has 2 aromatic carbocycles. The van der Waals surface area contributed by atoms with Gasteiger partial charge in [-0.25, -0.2) is 0 Å². The average molecular weight is 420 g/mol. The van der Waals surface area contributed by atoms with E-state index in [1.165, 1.54) is 5.69 Å². The van der Waals surface area contributed by atoms with Crippen LogP contribution in [-0.2, 0) is 0 Å². The lowest BCUT2D eigenvalue weighted by atomic mass is 10.1. The standard InChI is InChI=1S/C25H29N3O3/c1-19-6-3-4-7-22(19)25(29)26-18-23(24-8-5-17-31-24)28-15-13-27(14-16-28)20-9-11-21(30-2)12-10-20/h3-12,17,23H,13-16,18H2,1-2H3,(H,26,29). The van der Waals surface area contributed by atoms with E-state index in [0.717, 1.165) is 43.3 Å². The number of nitrogens with zero attached hydrogens (tertiary/aromatic N) is 2. The van der Waals surface area contributed by atoms with Crippen LogP contribution in [0.2, 0.25) is 0 Å². The molecule has 0 saturated carbocycles. The molecule has 31 heavy (non-hydrogen) atoms. The molecule has 4 rings (SSSR count). The minimum absolute atomic E-state index is 0.000913. The van der Waals surface area contributed by atoms with E-state index in [0.29, 0.717) is 12.1 Å². The summed E-state index contributed by atoms with van der Waals surface area (Å²) in [6.45, 7) is 6.06. The van der Waals surface area contributed by atoms with Crippen molar-refractivity contribution in [1.29, 1.82) is 0 Å². The van der Waals surface area contributed by atoms with Gasteiger partial charge in [-0.05, 0) is 55.0 Å². The van der Waals surface area contributed by atoms with Crippen molar-refractivity contribution in [2.75, 3.05) is 44.7 Å². The average Bonchev–Trinajstić information content (AvgIpc) is 3.34. The maximum Gasteiger partial charge on any atom is 0.251 e. The quantitative estimate of drug-likeness (QED) is 0.630. The summed E-state index contributed by atoms with van der Waals surface area (Å²) in [5, 5.41) is 3.11. The molecule has 1 N–H and O–H groups in total. The number of ether oxygens (including phenoxy) is 1. The van der Waals surface area contributed by atoms with Crippen LogP contribution in [0.15, 0.2) is 71.3 Å². The number of methoxy groups -OCH3 is 1. The van der Waals surface area contributed by atoms with Crippen LogP contribution in [0, 0.1) is 6.92 Å². The molecule has 1 amide bonds. The van der Waals surface area contributed by atoms with Crippen molar-refractivity contribution in [1.82, 2.24) is 10.2 Å². The number of rotatable bonds is 7. The predicted molar refractivity (Wildman–Crippen MR) is 122 cm³/mol. The van der Waals surface area contributed by atoms with Gasteiger partial charge in [-0.1, -0.05) is 18.2 Å². The van der Waals surface area contributed by atoms with Gasteiger partial charge in [0.15, 0.2) is 0 Å². The number of hydrogen-bond acceptors (Lipinski definition) is 5. The Morgan fingerprint density at radius 2 is 1.77 bits per heavy atom. The first-order valence-corrected chi connectivity index (χ1v) is 10.7. The Morgan fingerprint density at radius 1 is 1.03 bits per heavy atom. The molecule has 1 atom stereocenters. The molecule has 6 nitrogen and oxygen atoms in total. The van der Waals surface area contributed by atoms with Crippen LogP contribution in [-0.4, -0.2) is 50.6 Å². The first-order valence-electron chi connectivity index (χ1n) is 10.7. The number of furan rings is 1. The highest BCUT2D eigenvalue weighted by molar-refractivity contribution is 5.95. The Kier molecular flexibility index (Phi) is 6.57. The number of carbonyl (C=O) groups is 1. The number of aryl methyl sites for hydroxylation is 1. The summed E-state index contributed by atoms with van der Waals surface area (Å²) in [6, 6.07) is 19.7. The van der Waals surface area contributed by atoms with Gasteiger partial charge in [0.25, 0.3) is 5.91 Å². The fourth-order valence-electron chi connectivity index (χ4n) is 4.09. The summed E-state index contributed by atoms with van der Waals surface area (Å²) < 4.78 is 11.0. The fourth-order valence-corrected chi connectivity index (χ4v) is 4.09. The third-order valence-corrected chi connectivity index (χ3v) is 5.91. The van der Waals surface area contributed by atoms with E-state index in [9.17, 15) is 4.79 Å². The first kappa shape index (κ1) is 21.0. The second-order valence-electron chi connectivity index (χ2n) is 7.78. The normalized spacial score (nSPS) is 15.5. The molecular weight excluding hydrogens is 390 g/mol. The highest BCUT2D eigenvalue weighted by Gasteiger charge is 2.27. The Bertz CT molecular complexity index is 978. The van der Waals surface area contributed by atoms with Gasteiger partial charge in [0.1, 0.15) is 11.5 Å². The number of hydrogen-bond donors (Lipinski definition) is 1. The van der Waals surface area contributed by atoms with Crippen molar-refractivity contribution in [3.05, 3.63) is 83.8 Å². The lowest BCUT2D eigenvalue weighted by Gasteiger charge is -2.39. The van der Waals surface area contributed by atoms with Crippen LogP contribution in [0.3, 0.4) is 0 Å². The number of carbonyl (C=O) groups excluding carboxylic acids is 1. The molecule has 0 aliphatic carbocycles. The maximum atomic E-state index is 12.7. The summed E-state index contributed by atoms with van der Waals surface area (Å²) >= 11 is 0. The Morgan fingerprint density at radius 3 is 2.42 bits per heavy atom. The monoisotopic (exact) mass is 419 g/mol. The molecule has 1 aliphatic rings. The molecule has 1 fully saturated rings. The molecular formula is C25H29N3O3. The topological polar surface area (TPSA) is 58.0 Å². The number of nitrogens with one attached hydrogen (secondary N) is 1. The van der Waals surface area contributed by atoms with E-state index >= 15 is 0 Å². The summed E-state index contributed by atoms with van der Waals surface area (Å²) in [6.07, 6.45) is 1.69. The largest absolute Gasteiger partial charge is 0.497 e. The lowest BCUT2D eigenvalue weighted by molar-refractivity contribution is 0.0922. The third kappa shape index (κ3) is 4.91. The highest BCUT2D eigenvalue weighted by Crippen LogP contribution is 2.25. The van der Waals surface area contributed by atoms with Crippen LogP contribution in [0.1, 0.15) is 27.7 Å². The minimum Gasteiger partial charge on any atom is -0.497 e. The van der Waals surface area contributed by atoms with E-state index in [-0.39, 0.29) is 11.9 Å². The van der Waals surface area contributed by atoms with Gasteiger partial charge in [-0.15, -0.1) is 0 Å². The maximum absolute atomic E-state index is 12.7. The van der Waals surface area contributed by atoms with Gasteiger partial charge in [-0.2, -0.15) is 0 Å². The van der Waals surface area contributed by atoms with Gasteiger partial charge < -0.3 is 19.4 Å². The van der Waals surface area contributed by atoms with E-state index in [1.807, 2.05) is 55.5 Å². The summed E-state index contributed by atoms with van der Waals surface area (Å²) in [7, 11) is 1.68. The van der Waals surface area contributed by atoms with Gasteiger partial charge in [-0.3, -0.25) is 9.69 Å². The first-order chi connectivity index (χ1) is 15.2. The van der Waals surface area contributed by atoms with E-state index < -0.39 is 0 Å². The van der Waals surface area contributed by atoms with Gasteiger partial charge in [0, 0.05) is 44.0 Å². The third-order valence-electron chi connectivity index (χ3n) is 5.91. The van der Waals surface area contributed by atoms with Gasteiger partial charge >= 0.3 is 0 Å². The Hall–Kier alpha value is -3.25. The Balaban J connectivity index is 1.40. The van der Waals surface area contributed by atoms with Crippen molar-refractivity contribution in [2.24, 2.45) is 0 Å². The zero-order chi connectivity index (χ0) is 21.6. The lowest BCUT2D eigenvalue weighted by Crippen LogP contribution is -2.49. The molecule has 1 saturated heterocycles. The fraction of sp³-hybridized carbons (Fsp3) is 0.320. The zero-order valence-corrected chi connectivity index (χ0v) is 18.1. The van der Waals surface area contributed by atoms with Gasteiger partial charge in [0.2, 0.25) is 0 Å². The van der Waals surface area contributed by atoms with Crippen LogP contribution in [0.5, 0.6) is 5.75 Å². The van der Waals surface area contributed by atoms with Crippen molar-refractivity contribution in [3.63, 3.8) is 0 Å². The predicted octanol–water partition coefficient (Wildman–Crippen LogP) is 3.89. The van der Waals surface area contributed by atoms with Gasteiger partial charge in [0.05, 0.1) is 19.4 Å². The molecule has 162 valence electrons. The molecule has 2 heterocycles. The van der Waals surface area contributed by atoms with E-state index in [4.69, 9.17) is 9.15 Å². The van der Waals surface area contributed by atoms with Crippen LogP contribution >= 0.6 is 0 Å². The summed E-state index contributed by atoms with van der Waals surface area (Å²) in [5.41, 5.74) is 2.88. The van der Waals surface area contributed by atoms with Crippen LogP contribution in [0.25, 0.3) is 0 Å². The van der Waals surface area contributed by atoms with Crippen molar-refractivity contribution in [2.45, 2.75) is 13.0 Å². The van der Waals surface area contributed by atoms with E-state index in [2.05, 4.69) is 27.2 Å². The highest BCUT2D eigenvalue weighted by atomic mass is 16.5. The molecule has 3 aromatic rings. The smallest absolute Gasteiger partial charge is 0.251 e. The zero-order valence-electron chi connectivity index (χ0n) is 18.1. The van der Waals surface area contributed by atoms with Crippen molar-refractivity contribution >= 4 is 11.6 Å². The molecule has 1 aliphatic heterocycles. The van der Waals surface area contributed by atoms with E-state index in [1.54, 1.807) is 13.4 Å². The molecule has 0 bridgehead atoms. The van der Waals surface area contributed by atoms with Crippen LogP contribution < -0.4 is 15.0 Å². The number of piperazine rings is 1. The summed E-state index contributed by atoms with van der Waals surface area (Å²) in [5.74, 6) is 1.69. The Labute approximate surface area is 183 Å². The molecule has 1 aromatic heterocycles. The number of amides is 1. The second kappa shape index (κ2) is 9.71. The summed E-state index contributed by atoms with van der Waals surface area (Å²) in [4.78, 5) is 17.5.